The number of carbonyl (C=O) groups excluding carboxylic acids is 1. The third kappa shape index (κ3) is 1.95. The lowest BCUT2D eigenvalue weighted by molar-refractivity contribution is 0.0944. The molecule has 2 aromatic rings. The molecule has 1 aromatic heterocycles. The number of hydrogen-bond donors (Lipinski definition) is 0. The number of hydrogen-bond acceptors (Lipinski definition) is 2. The standard InChI is InChI=1S/C18H20N2O/c1-2-10-20-11-9-19-18(20)17(21)16-14-8-7-12-5-3-4-6-13(12)15(14)16/h3-6,9,11,14-16H,2,7-8,10H2,1H3. The zero-order valence-electron chi connectivity index (χ0n) is 12.3. The number of aryl methyl sites for hydroxylation is 2. The van der Waals surface area contributed by atoms with Crippen LogP contribution in [-0.2, 0) is 13.0 Å². The summed E-state index contributed by atoms with van der Waals surface area (Å²) in [5.41, 5.74) is 2.84. The lowest BCUT2D eigenvalue weighted by atomic mass is 9.92. The molecular formula is C18H20N2O. The van der Waals surface area contributed by atoms with E-state index >= 15 is 0 Å². The minimum atomic E-state index is 0.159. The number of imidazole rings is 1. The molecule has 3 heteroatoms. The van der Waals surface area contributed by atoms with Gasteiger partial charge in [0.1, 0.15) is 0 Å². The molecule has 0 N–H and O–H groups in total. The Balaban J connectivity index is 1.62. The van der Waals surface area contributed by atoms with Gasteiger partial charge >= 0.3 is 0 Å². The number of fused-ring (bicyclic) bond motifs is 3. The van der Waals surface area contributed by atoms with Crippen molar-refractivity contribution in [3.05, 3.63) is 53.6 Å². The minimum absolute atomic E-state index is 0.159. The average Bonchev–Trinajstić information content (AvgIpc) is 3.09. The van der Waals surface area contributed by atoms with Crippen LogP contribution in [0.4, 0.5) is 0 Å². The molecule has 0 radical (unpaired) electrons. The highest BCUT2D eigenvalue weighted by molar-refractivity contribution is 5.98. The van der Waals surface area contributed by atoms with Gasteiger partial charge in [-0.3, -0.25) is 4.79 Å². The van der Waals surface area contributed by atoms with Gasteiger partial charge in [-0.05, 0) is 42.2 Å². The zero-order valence-corrected chi connectivity index (χ0v) is 12.3. The maximum absolute atomic E-state index is 12.9. The molecule has 0 bridgehead atoms. The summed E-state index contributed by atoms with van der Waals surface area (Å²) in [6, 6.07) is 8.62. The Morgan fingerprint density at radius 1 is 1.38 bits per heavy atom. The summed E-state index contributed by atoms with van der Waals surface area (Å²) < 4.78 is 2.01. The quantitative estimate of drug-likeness (QED) is 0.804. The van der Waals surface area contributed by atoms with Gasteiger partial charge in [0.05, 0.1) is 0 Å². The van der Waals surface area contributed by atoms with Gasteiger partial charge in [-0.1, -0.05) is 31.2 Å². The van der Waals surface area contributed by atoms with E-state index in [1.165, 1.54) is 11.1 Å². The summed E-state index contributed by atoms with van der Waals surface area (Å²) in [4.78, 5) is 17.2. The maximum atomic E-state index is 12.9. The van der Waals surface area contributed by atoms with Crippen molar-refractivity contribution < 1.29 is 4.79 Å². The van der Waals surface area contributed by atoms with Gasteiger partial charge in [0, 0.05) is 24.9 Å². The Hall–Kier alpha value is -1.90. The van der Waals surface area contributed by atoms with E-state index in [2.05, 4.69) is 36.2 Å². The maximum Gasteiger partial charge on any atom is 0.202 e. The number of Topliss-reactive ketones (excluding diaryl/α,β-unsaturated/α-hetero) is 1. The van der Waals surface area contributed by atoms with Crippen LogP contribution in [0.15, 0.2) is 36.7 Å². The van der Waals surface area contributed by atoms with Gasteiger partial charge in [0.15, 0.2) is 5.82 Å². The van der Waals surface area contributed by atoms with Crippen molar-refractivity contribution in [2.45, 2.75) is 38.6 Å². The van der Waals surface area contributed by atoms with Crippen molar-refractivity contribution in [3.63, 3.8) is 0 Å². The fraction of sp³-hybridized carbons (Fsp3) is 0.444. The van der Waals surface area contributed by atoms with E-state index in [0.717, 1.165) is 25.8 Å². The van der Waals surface area contributed by atoms with E-state index in [9.17, 15) is 4.79 Å². The topological polar surface area (TPSA) is 34.9 Å². The van der Waals surface area contributed by atoms with Crippen LogP contribution in [0.2, 0.25) is 0 Å². The molecule has 1 heterocycles. The van der Waals surface area contributed by atoms with Crippen molar-refractivity contribution in [2.75, 3.05) is 0 Å². The molecule has 3 unspecified atom stereocenters. The molecule has 3 nitrogen and oxygen atoms in total. The van der Waals surface area contributed by atoms with Gasteiger partial charge in [-0.25, -0.2) is 4.98 Å². The van der Waals surface area contributed by atoms with Crippen molar-refractivity contribution in [2.24, 2.45) is 11.8 Å². The first-order valence-corrected chi connectivity index (χ1v) is 7.94. The first-order valence-electron chi connectivity index (χ1n) is 7.94. The van der Waals surface area contributed by atoms with E-state index < -0.39 is 0 Å². The number of ketones is 1. The molecule has 108 valence electrons. The SMILES string of the molecule is CCCn1ccnc1C(=O)C1C2CCc3ccccc3C21. The van der Waals surface area contributed by atoms with E-state index in [4.69, 9.17) is 0 Å². The Bertz CT molecular complexity index is 688. The second-order valence-corrected chi connectivity index (χ2v) is 6.26. The van der Waals surface area contributed by atoms with Crippen LogP contribution in [0.3, 0.4) is 0 Å². The predicted octanol–water partition coefficient (Wildman–Crippen LogP) is 3.45. The number of aromatic nitrogens is 2. The molecule has 1 fully saturated rings. The summed E-state index contributed by atoms with van der Waals surface area (Å²) >= 11 is 0. The first kappa shape index (κ1) is 12.8. The highest BCUT2D eigenvalue weighted by Gasteiger charge is 2.57. The minimum Gasteiger partial charge on any atom is -0.329 e. The molecule has 1 aromatic carbocycles. The Labute approximate surface area is 125 Å². The van der Waals surface area contributed by atoms with Crippen molar-refractivity contribution in [1.82, 2.24) is 9.55 Å². The van der Waals surface area contributed by atoms with E-state index in [1.54, 1.807) is 6.20 Å². The molecular weight excluding hydrogens is 260 g/mol. The summed E-state index contributed by atoms with van der Waals surface area (Å²) in [6.45, 7) is 3.00. The van der Waals surface area contributed by atoms with Gasteiger partial charge in [0.25, 0.3) is 0 Å². The predicted molar refractivity (Wildman–Crippen MR) is 81.3 cm³/mol. The molecule has 0 amide bonds. The molecule has 2 aliphatic rings. The molecule has 4 rings (SSSR count). The van der Waals surface area contributed by atoms with E-state index in [1.807, 2.05) is 10.8 Å². The van der Waals surface area contributed by atoms with Crippen LogP contribution >= 0.6 is 0 Å². The monoisotopic (exact) mass is 280 g/mol. The fourth-order valence-corrected chi connectivity index (χ4v) is 4.03. The fourth-order valence-electron chi connectivity index (χ4n) is 4.03. The Kier molecular flexibility index (Phi) is 2.95. The number of carbonyl (C=O) groups is 1. The van der Waals surface area contributed by atoms with Crippen LogP contribution in [0.1, 0.15) is 47.4 Å². The third-order valence-corrected chi connectivity index (χ3v) is 5.03. The second-order valence-electron chi connectivity index (χ2n) is 6.26. The lowest BCUT2D eigenvalue weighted by Gasteiger charge is -2.13. The molecule has 0 spiro atoms. The van der Waals surface area contributed by atoms with E-state index in [-0.39, 0.29) is 11.7 Å². The second kappa shape index (κ2) is 4.83. The van der Waals surface area contributed by atoms with Crippen molar-refractivity contribution in [3.8, 4) is 0 Å². The zero-order chi connectivity index (χ0) is 14.4. The van der Waals surface area contributed by atoms with Crippen molar-refractivity contribution >= 4 is 5.78 Å². The lowest BCUT2D eigenvalue weighted by Crippen LogP contribution is -2.13. The number of rotatable bonds is 4. The van der Waals surface area contributed by atoms with Crippen LogP contribution in [0, 0.1) is 11.8 Å². The molecule has 21 heavy (non-hydrogen) atoms. The molecule has 2 aliphatic carbocycles. The first-order chi connectivity index (χ1) is 10.3. The number of nitrogens with zero attached hydrogens (tertiary/aromatic N) is 2. The van der Waals surface area contributed by atoms with E-state index in [0.29, 0.717) is 17.7 Å². The van der Waals surface area contributed by atoms with Crippen LogP contribution < -0.4 is 0 Å². The number of benzene rings is 1. The average molecular weight is 280 g/mol. The largest absolute Gasteiger partial charge is 0.329 e. The van der Waals surface area contributed by atoms with Crippen LogP contribution in [-0.4, -0.2) is 15.3 Å². The smallest absolute Gasteiger partial charge is 0.202 e. The van der Waals surface area contributed by atoms with Gasteiger partial charge in [0.2, 0.25) is 5.78 Å². The molecule has 0 saturated heterocycles. The Morgan fingerprint density at radius 3 is 3.10 bits per heavy atom. The summed E-state index contributed by atoms with van der Waals surface area (Å²) in [5, 5.41) is 0. The van der Waals surface area contributed by atoms with Gasteiger partial charge < -0.3 is 4.57 Å². The van der Waals surface area contributed by atoms with Crippen LogP contribution in [0.25, 0.3) is 0 Å². The van der Waals surface area contributed by atoms with Crippen LogP contribution in [0.5, 0.6) is 0 Å². The summed E-state index contributed by atoms with van der Waals surface area (Å²) in [5.74, 6) is 2.05. The normalized spacial score (nSPS) is 26.0. The summed E-state index contributed by atoms with van der Waals surface area (Å²) in [7, 11) is 0. The molecule has 0 aliphatic heterocycles. The molecule has 1 saturated carbocycles. The highest BCUT2D eigenvalue weighted by Crippen LogP contribution is 2.60. The highest BCUT2D eigenvalue weighted by atomic mass is 16.1. The van der Waals surface area contributed by atoms with Gasteiger partial charge in [-0.15, -0.1) is 0 Å². The third-order valence-electron chi connectivity index (χ3n) is 5.03. The summed E-state index contributed by atoms with van der Waals surface area (Å²) in [6.07, 6.45) is 6.97. The van der Waals surface area contributed by atoms with Gasteiger partial charge in [-0.2, -0.15) is 0 Å². The Morgan fingerprint density at radius 2 is 2.24 bits per heavy atom. The van der Waals surface area contributed by atoms with Crippen molar-refractivity contribution in [1.29, 1.82) is 0 Å². The molecule has 3 atom stereocenters.